The van der Waals surface area contributed by atoms with Gasteiger partial charge in [0.15, 0.2) is 0 Å². The van der Waals surface area contributed by atoms with Gasteiger partial charge in [-0.15, -0.1) is 11.6 Å². The number of rotatable bonds is 4. The quantitative estimate of drug-likeness (QED) is 0.808. The van der Waals surface area contributed by atoms with Crippen LogP contribution in [0.3, 0.4) is 0 Å². The summed E-state index contributed by atoms with van der Waals surface area (Å²) in [5.74, 6) is 0.665. The van der Waals surface area contributed by atoms with E-state index in [0.717, 1.165) is 13.1 Å². The summed E-state index contributed by atoms with van der Waals surface area (Å²) in [4.78, 5) is 0. The molecule has 0 saturated heterocycles. The summed E-state index contributed by atoms with van der Waals surface area (Å²) in [6.07, 6.45) is 3.77. The van der Waals surface area contributed by atoms with Gasteiger partial charge >= 0.3 is 0 Å². The van der Waals surface area contributed by atoms with E-state index >= 15 is 0 Å². The second-order valence-corrected chi connectivity index (χ2v) is 6.28. The minimum absolute atomic E-state index is 0.387. The largest absolute Gasteiger partial charge is 0.312 e. The summed E-state index contributed by atoms with van der Waals surface area (Å²) in [5.41, 5.74) is 5.60. The molecule has 100 valence electrons. The van der Waals surface area contributed by atoms with Crippen LogP contribution in [-0.4, -0.2) is 11.9 Å². The second kappa shape index (κ2) is 6.08. The Kier molecular flexibility index (Phi) is 4.69. The number of aryl methyl sites for hydroxylation is 3. The van der Waals surface area contributed by atoms with Crippen LogP contribution in [0.25, 0.3) is 0 Å². The summed E-state index contributed by atoms with van der Waals surface area (Å²) in [6.45, 7) is 8.60. The highest BCUT2D eigenvalue weighted by molar-refractivity contribution is 6.20. The molecule has 0 aliphatic heterocycles. The van der Waals surface area contributed by atoms with E-state index in [1.54, 1.807) is 0 Å². The van der Waals surface area contributed by atoms with Crippen LogP contribution in [0.2, 0.25) is 0 Å². The first kappa shape index (κ1) is 13.9. The van der Waals surface area contributed by atoms with E-state index in [4.69, 9.17) is 11.6 Å². The molecule has 2 atom stereocenters. The van der Waals surface area contributed by atoms with Gasteiger partial charge in [0.05, 0.1) is 0 Å². The van der Waals surface area contributed by atoms with E-state index in [0.29, 0.717) is 11.3 Å². The summed E-state index contributed by atoms with van der Waals surface area (Å²) in [6, 6.07) is 4.54. The van der Waals surface area contributed by atoms with Crippen LogP contribution in [0, 0.1) is 26.7 Å². The molecule has 18 heavy (non-hydrogen) atoms. The fourth-order valence-corrected chi connectivity index (χ4v) is 3.46. The Morgan fingerprint density at radius 3 is 2.39 bits per heavy atom. The lowest BCUT2D eigenvalue weighted by atomic mass is 9.99. The number of nitrogens with one attached hydrogen (secondary N) is 1. The molecule has 0 aromatic heterocycles. The minimum Gasteiger partial charge on any atom is -0.312 e. The van der Waals surface area contributed by atoms with Crippen molar-refractivity contribution in [3.8, 4) is 0 Å². The molecule has 1 saturated carbocycles. The second-order valence-electron chi connectivity index (χ2n) is 5.72. The molecule has 2 rings (SSSR count). The minimum atomic E-state index is 0.387. The van der Waals surface area contributed by atoms with Crippen molar-refractivity contribution in [2.45, 2.75) is 52.0 Å². The summed E-state index contributed by atoms with van der Waals surface area (Å²) in [7, 11) is 0. The van der Waals surface area contributed by atoms with Gasteiger partial charge < -0.3 is 5.32 Å². The lowest BCUT2D eigenvalue weighted by Gasteiger charge is -2.16. The standard InChI is InChI=1S/C16H24ClN/c1-11-7-12(2)15(13(3)8-11)10-18-9-14-5-4-6-16(14)17/h7-8,14,16,18H,4-6,9-10H2,1-3H3. The molecule has 0 bridgehead atoms. The number of halogens is 1. The smallest absolute Gasteiger partial charge is 0.0376 e. The third-order valence-electron chi connectivity index (χ3n) is 4.11. The number of alkyl halides is 1. The number of hydrogen-bond donors (Lipinski definition) is 1. The third kappa shape index (κ3) is 3.27. The van der Waals surface area contributed by atoms with Crippen molar-refractivity contribution < 1.29 is 0 Å². The van der Waals surface area contributed by atoms with Gasteiger partial charge in [-0.2, -0.15) is 0 Å². The van der Waals surface area contributed by atoms with E-state index < -0.39 is 0 Å². The van der Waals surface area contributed by atoms with Gasteiger partial charge in [-0.25, -0.2) is 0 Å². The highest BCUT2D eigenvalue weighted by atomic mass is 35.5. The van der Waals surface area contributed by atoms with Gasteiger partial charge in [0.25, 0.3) is 0 Å². The van der Waals surface area contributed by atoms with Gasteiger partial charge in [-0.1, -0.05) is 24.1 Å². The maximum atomic E-state index is 6.30. The molecule has 1 aliphatic rings. The Bertz CT molecular complexity index is 391. The van der Waals surface area contributed by atoms with E-state index in [-0.39, 0.29) is 0 Å². The van der Waals surface area contributed by atoms with Gasteiger partial charge in [-0.05, 0) is 62.8 Å². The highest BCUT2D eigenvalue weighted by Crippen LogP contribution is 2.29. The van der Waals surface area contributed by atoms with Crippen LogP contribution < -0.4 is 5.32 Å². The predicted octanol–water partition coefficient (Wildman–Crippen LogP) is 4.11. The molecule has 0 amide bonds. The van der Waals surface area contributed by atoms with Crippen LogP contribution in [0.4, 0.5) is 0 Å². The molecule has 1 nitrogen and oxygen atoms in total. The number of hydrogen-bond acceptors (Lipinski definition) is 1. The van der Waals surface area contributed by atoms with Gasteiger partial charge in [-0.3, -0.25) is 0 Å². The molecule has 1 aliphatic carbocycles. The zero-order chi connectivity index (χ0) is 13.1. The normalized spacial score (nSPS) is 23.6. The van der Waals surface area contributed by atoms with Crippen molar-refractivity contribution in [1.82, 2.24) is 5.32 Å². The molecule has 1 fully saturated rings. The molecular weight excluding hydrogens is 242 g/mol. The van der Waals surface area contributed by atoms with Crippen LogP contribution in [0.15, 0.2) is 12.1 Å². The first-order valence-electron chi connectivity index (χ1n) is 6.99. The zero-order valence-corrected chi connectivity index (χ0v) is 12.5. The molecule has 1 N–H and O–H groups in total. The fraction of sp³-hybridized carbons (Fsp3) is 0.625. The molecule has 0 heterocycles. The summed E-state index contributed by atoms with van der Waals surface area (Å²) in [5, 5.41) is 3.98. The maximum absolute atomic E-state index is 6.30. The Morgan fingerprint density at radius 2 is 1.83 bits per heavy atom. The highest BCUT2D eigenvalue weighted by Gasteiger charge is 2.24. The summed E-state index contributed by atoms with van der Waals surface area (Å²) >= 11 is 6.30. The van der Waals surface area contributed by atoms with Crippen molar-refractivity contribution in [1.29, 1.82) is 0 Å². The fourth-order valence-electron chi connectivity index (χ4n) is 3.09. The zero-order valence-electron chi connectivity index (χ0n) is 11.7. The lowest BCUT2D eigenvalue weighted by molar-refractivity contribution is 0.493. The van der Waals surface area contributed by atoms with E-state index in [1.807, 2.05) is 0 Å². The van der Waals surface area contributed by atoms with Crippen LogP contribution in [0.1, 0.15) is 41.5 Å². The van der Waals surface area contributed by atoms with Crippen molar-refractivity contribution in [2.75, 3.05) is 6.54 Å². The van der Waals surface area contributed by atoms with E-state index in [1.165, 1.54) is 41.5 Å². The van der Waals surface area contributed by atoms with Gasteiger partial charge in [0.2, 0.25) is 0 Å². The Morgan fingerprint density at radius 1 is 1.17 bits per heavy atom. The molecule has 0 spiro atoms. The first-order chi connectivity index (χ1) is 8.58. The Hall–Kier alpha value is -0.530. The van der Waals surface area contributed by atoms with Crippen molar-refractivity contribution in [2.24, 2.45) is 5.92 Å². The van der Waals surface area contributed by atoms with Crippen molar-refractivity contribution in [3.63, 3.8) is 0 Å². The van der Waals surface area contributed by atoms with Crippen LogP contribution in [-0.2, 0) is 6.54 Å². The topological polar surface area (TPSA) is 12.0 Å². The van der Waals surface area contributed by atoms with E-state index in [2.05, 4.69) is 38.2 Å². The van der Waals surface area contributed by atoms with Gasteiger partial charge in [0, 0.05) is 11.9 Å². The molecule has 0 radical (unpaired) electrons. The van der Waals surface area contributed by atoms with E-state index in [9.17, 15) is 0 Å². The average Bonchev–Trinajstić information content (AvgIpc) is 2.68. The van der Waals surface area contributed by atoms with Gasteiger partial charge in [0.1, 0.15) is 0 Å². The maximum Gasteiger partial charge on any atom is 0.0376 e. The monoisotopic (exact) mass is 265 g/mol. The molecule has 2 unspecified atom stereocenters. The first-order valence-corrected chi connectivity index (χ1v) is 7.43. The van der Waals surface area contributed by atoms with Crippen LogP contribution in [0.5, 0.6) is 0 Å². The SMILES string of the molecule is Cc1cc(C)c(CNCC2CCCC2Cl)c(C)c1. The third-order valence-corrected chi connectivity index (χ3v) is 4.69. The molecule has 1 aromatic rings. The van der Waals surface area contributed by atoms with Crippen molar-refractivity contribution in [3.05, 3.63) is 34.4 Å². The summed E-state index contributed by atoms with van der Waals surface area (Å²) < 4.78 is 0. The Balaban J connectivity index is 1.90. The number of benzene rings is 1. The Labute approximate surface area is 116 Å². The lowest BCUT2D eigenvalue weighted by Crippen LogP contribution is -2.25. The predicted molar refractivity (Wildman–Crippen MR) is 79.3 cm³/mol. The van der Waals surface area contributed by atoms with Crippen molar-refractivity contribution >= 4 is 11.6 Å². The molecular formula is C16H24ClN. The van der Waals surface area contributed by atoms with Crippen LogP contribution >= 0.6 is 11.6 Å². The molecule has 2 heteroatoms. The molecule has 1 aromatic carbocycles. The average molecular weight is 266 g/mol.